The van der Waals surface area contributed by atoms with Crippen LogP contribution in [0.25, 0.3) is 6.08 Å². The van der Waals surface area contributed by atoms with Crippen molar-refractivity contribution in [1.29, 1.82) is 0 Å². The van der Waals surface area contributed by atoms with Crippen molar-refractivity contribution in [2.45, 2.75) is 32.6 Å². The molecule has 1 aromatic carbocycles. The van der Waals surface area contributed by atoms with Crippen molar-refractivity contribution in [3.8, 4) is 0 Å². The first-order valence-corrected chi connectivity index (χ1v) is 6.08. The standard InChI is InChI=1S/C13H15Br/c1-2-3-5-12-8-10-6-4-7-11(10)9-13(12)14/h4,6,8-9H,2-3,5,7H2,1H3. The van der Waals surface area contributed by atoms with E-state index < -0.39 is 0 Å². The van der Waals surface area contributed by atoms with Gasteiger partial charge in [0.2, 0.25) is 0 Å². The minimum absolute atomic E-state index is 1.10. The van der Waals surface area contributed by atoms with Crippen molar-refractivity contribution in [1.82, 2.24) is 0 Å². The van der Waals surface area contributed by atoms with E-state index in [0.717, 1.165) is 6.42 Å². The van der Waals surface area contributed by atoms with E-state index in [1.54, 1.807) is 0 Å². The Bertz CT molecular complexity index is 364. The van der Waals surface area contributed by atoms with E-state index in [0.29, 0.717) is 0 Å². The Balaban J connectivity index is 2.27. The first-order chi connectivity index (χ1) is 6.81. The van der Waals surface area contributed by atoms with Crippen LogP contribution in [-0.4, -0.2) is 0 Å². The monoisotopic (exact) mass is 250 g/mol. The highest BCUT2D eigenvalue weighted by molar-refractivity contribution is 9.10. The maximum Gasteiger partial charge on any atom is 0.0210 e. The highest BCUT2D eigenvalue weighted by atomic mass is 79.9. The number of aryl methyl sites for hydroxylation is 1. The lowest BCUT2D eigenvalue weighted by molar-refractivity contribution is 0.792. The molecule has 1 heteroatoms. The molecule has 2 rings (SSSR count). The molecule has 1 aliphatic carbocycles. The van der Waals surface area contributed by atoms with E-state index in [-0.39, 0.29) is 0 Å². The van der Waals surface area contributed by atoms with Gasteiger partial charge in [0.25, 0.3) is 0 Å². The fourth-order valence-corrected chi connectivity index (χ4v) is 2.47. The molecular weight excluding hydrogens is 236 g/mol. The van der Waals surface area contributed by atoms with Gasteiger partial charge in [0.05, 0.1) is 0 Å². The number of benzene rings is 1. The lowest BCUT2D eigenvalue weighted by Gasteiger charge is -2.07. The zero-order chi connectivity index (χ0) is 9.97. The van der Waals surface area contributed by atoms with Crippen LogP contribution < -0.4 is 0 Å². The van der Waals surface area contributed by atoms with E-state index in [2.05, 4.69) is 47.1 Å². The molecule has 0 saturated heterocycles. The predicted molar refractivity (Wildman–Crippen MR) is 65.5 cm³/mol. The molecule has 1 aromatic rings. The van der Waals surface area contributed by atoms with E-state index >= 15 is 0 Å². The summed E-state index contributed by atoms with van der Waals surface area (Å²) in [4.78, 5) is 0. The van der Waals surface area contributed by atoms with Gasteiger partial charge in [0, 0.05) is 4.47 Å². The maximum atomic E-state index is 3.65. The van der Waals surface area contributed by atoms with E-state index in [9.17, 15) is 0 Å². The van der Waals surface area contributed by atoms with Gasteiger partial charge in [-0.3, -0.25) is 0 Å². The van der Waals surface area contributed by atoms with Crippen molar-refractivity contribution in [2.24, 2.45) is 0 Å². The van der Waals surface area contributed by atoms with E-state index in [1.807, 2.05) is 0 Å². The van der Waals surface area contributed by atoms with E-state index in [1.165, 1.54) is 40.4 Å². The second-order valence-electron chi connectivity index (χ2n) is 3.85. The van der Waals surface area contributed by atoms with Crippen molar-refractivity contribution in [3.63, 3.8) is 0 Å². The first-order valence-electron chi connectivity index (χ1n) is 5.29. The van der Waals surface area contributed by atoms with Crippen LogP contribution in [0, 0.1) is 0 Å². The van der Waals surface area contributed by atoms with Crippen molar-refractivity contribution < 1.29 is 0 Å². The Morgan fingerprint density at radius 1 is 1.36 bits per heavy atom. The van der Waals surface area contributed by atoms with Crippen LogP contribution in [0.4, 0.5) is 0 Å². The SMILES string of the molecule is CCCCc1cc2c(cc1Br)CC=C2. The minimum atomic E-state index is 1.10. The summed E-state index contributed by atoms with van der Waals surface area (Å²) in [6.07, 6.45) is 9.30. The normalized spacial score (nSPS) is 13.3. The van der Waals surface area contributed by atoms with Crippen LogP contribution >= 0.6 is 15.9 Å². The summed E-state index contributed by atoms with van der Waals surface area (Å²) in [6, 6.07) is 4.61. The predicted octanol–water partition coefficient (Wildman–Crippen LogP) is 4.36. The van der Waals surface area contributed by atoms with Gasteiger partial charge in [-0.1, -0.05) is 47.5 Å². The second-order valence-corrected chi connectivity index (χ2v) is 4.71. The fraction of sp³-hybridized carbons (Fsp3) is 0.385. The number of halogens is 1. The highest BCUT2D eigenvalue weighted by Crippen LogP contribution is 2.28. The summed E-state index contributed by atoms with van der Waals surface area (Å²) >= 11 is 3.65. The smallest absolute Gasteiger partial charge is 0.0210 e. The van der Waals surface area contributed by atoms with Crippen LogP contribution in [0.3, 0.4) is 0 Å². The molecule has 0 atom stereocenters. The van der Waals surface area contributed by atoms with Crippen molar-refractivity contribution >= 4 is 22.0 Å². The summed E-state index contributed by atoms with van der Waals surface area (Å²) in [5, 5.41) is 0. The maximum absolute atomic E-state index is 3.65. The average Bonchev–Trinajstić information content (AvgIpc) is 2.61. The zero-order valence-electron chi connectivity index (χ0n) is 8.52. The first kappa shape index (κ1) is 9.97. The summed E-state index contributed by atoms with van der Waals surface area (Å²) in [6.45, 7) is 2.24. The molecule has 0 nitrogen and oxygen atoms in total. The number of hydrogen-bond donors (Lipinski definition) is 0. The molecule has 74 valence electrons. The third-order valence-corrected chi connectivity index (χ3v) is 3.48. The number of allylic oxidation sites excluding steroid dienone is 1. The molecule has 0 radical (unpaired) electrons. The minimum Gasteiger partial charge on any atom is -0.0795 e. The van der Waals surface area contributed by atoms with Crippen LogP contribution in [-0.2, 0) is 12.8 Å². The lowest BCUT2D eigenvalue weighted by atomic mass is 10.0. The molecule has 14 heavy (non-hydrogen) atoms. The number of hydrogen-bond acceptors (Lipinski definition) is 0. The van der Waals surface area contributed by atoms with Gasteiger partial charge < -0.3 is 0 Å². The molecule has 0 spiro atoms. The Morgan fingerprint density at radius 3 is 3.00 bits per heavy atom. The Morgan fingerprint density at radius 2 is 2.21 bits per heavy atom. The Kier molecular flexibility index (Phi) is 3.07. The molecule has 0 amide bonds. The van der Waals surface area contributed by atoms with Crippen LogP contribution in [0.5, 0.6) is 0 Å². The summed E-state index contributed by atoms with van der Waals surface area (Å²) in [5.41, 5.74) is 4.33. The molecule has 1 aliphatic rings. The van der Waals surface area contributed by atoms with Gasteiger partial charge in [-0.15, -0.1) is 0 Å². The number of fused-ring (bicyclic) bond motifs is 1. The van der Waals surface area contributed by atoms with Crippen molar-refractivity contribution in [2.75, 3.05) is 0 Å². The third-order valence-electron chi connectivity index (χ3n) is 2.74. The lowest BCUT2D eigenvalue weighted by Crippen LogP contribution is -1.90. The van der Waals surface area contributed by atoms with Crippen molar-refractivity contribution in [3.05, 3.63) is 39.4 Å². The third kappa shape index (κ3) is 1.93. The Hall–Kier alpha value is -0.560. The largest absolute Gasteiger partial charge is 0.0795 e. The number of rotatable bonds is 3. The average molecular weight is 251 g/mol. The van der Waals surface area contributed by atoms with Gasteiger partial charge in [-0.25, -0.2) is 0 Å². The summed E-state index contributed by atoms with van der Waals surface area (Å²) in [5.74, 6) is 0. The molecule has 0 aliphatic heterocycles. The van der Waals surface area contributed by atoms with Gasteiger partial charge in [-0.2, -0.15) is 0 Å². The van der Waals surface area contributed by atoms with Crippen LogP contribution in [0.2, 0.25) is 0 Å². The highest BCUT2D eigenvalue weighted by Gasteiger charge is 2.08. The molecule has 0 fully saturated rings. The van der Waals surface area contributed by atoms with Gasteiger partial charge in [0.15, 0.2) is 0 Å². The number of unbranched alkanes of at least 4 members (excludes halogenated alkanes) is 1. The fourth-order valence-electron chi connectivity index (χ4n) is 1.88. The summed E-state index contributed by atoms with van der Waals surface area (Å²) in [7, 11) is 0. The van der Waals surface area contributed by atoms with Gasteiger partial charge in [0.1, 0.15) is 0 Å². The quantitative estimate of drug-likeness (QED) is 0.748. The Labute approximate surface area is 94.2 Å². The van der Waals surface area contributed by atoms with Crippen LogP contribution in [0.1, 0.15) is 36.5 Å². The molecule has 0 heterocycles. The molecule has 0 unspecified atom stereocenters. The van der Waals surface area contributed by atoms with Crippen LogP contribution in [0.15, 0.2) is 22.7 Å². The van der Waals surface area contributed by atoms with E-state index in [4.69, 9.17) is 0 Å². The zero-order valence-corrected chi connectivity index (χ0v) is 10.1. The second kappa shape index (κ2) is 4.31. The van der Waals surface area contributed by atoms with Gasteiger partial charge >= 0.3 is 0 Å². The molecular formula is C13H15Br. The summed E-state index contributed by atoms with van der Waals surface area (Å²) < 4.78 is 1.29. The molecule has 0 saturated carbocycles. The molecule has 0 N–H and O–H groups in total. The molecule has 0 aromatic heterocycles. The van der Waals surface area contributed by atoms with Gasteiger partial charge in [-0.05, 0) is 42.0 Å². The topological polar surface area (TPSA) is 0 Å². The molecule has 0 bridgehead atoms.